The van der Waals surface area contributed by atoms with Gasteiger partial charge in [0.1, 0.15) is 18.2 Å². The molecule has 32 heavy (non-hydrogen) atoms. The molecule has 4 heterocycles. The quantitative estimate of drug-likeness (QED) is 0.633. The van der Waals surface area contributed by atoms with Crippen LogP contribution >= 0.6 is 0 Å². The molecule has 3 aliphatic rings. The Bertz CT molecular complexity index is 1140. The van der Waals surface area contributed by atoms with Gasteiger partial charge in [-0.05, 0) is 40.8 Å². The van der Waals surface area contributed by atoms with Crippen LogP contribution in [0.2, 0.25) is 0 Å². The molecule has 11 nitrogen and oxygen atoms in total. The van der Waals surface area contributed by atoms with Crippen LogP contribution in [0.1, 0.15) is 6.04 Å². The topological polar surface area (TPSA) is 122 Å². The predicted molar refractivity (Wildman–Crippen MR) is 110 cm³/mol. The fourth-order valence-electron chi connectivity index (χ4n) is 4.31. The Morgan fingerprint density at radius 1 is 1.00 bits per heavy atom. The number of para-hydroxylation sites is 1. The summed E-state index contributed by atoms with van der Waals surface area (Å²) in [4.78, 5) is 12.4. The number of nitrogens with zero attached hydrogens (tertiary/aromatic N) is 4. The summed E-state index contributed by atoms with van der Waals surface area (Å²) in [6, 6.07) is 14.0. The van der Waals surface area contributed by atoms with E-state index in [0.717, 1.165) is 5.56 Å². The second kappa shape index (κ2) is 7.77. The molecule has 2 amide bonds. The van der Waals surface area contributed by atoms with Crippen molar-refractivity contribution in [1.82, 2.24) is 25.5 Å². The molecule has 2 N–H and O–H groups in total. The van der Waals surface area contributed by atoms with Crippen molar-refractivity contribution in [3.8, 4) is 22.9 Å². The lowest BCUT2D eigenvalue weighted by Crippen LogP contribution is -2.45. The lowest BCUT2D eigenvalue weighted by Gasteiger charge is -2.18. The molecule has 0 aliphatic carbocycles. The zero-order chi connectivity index (χ0) is 21.5. The SMILES string of the molecule is O=C(Nc1ccccc1)N[C@H]1CO[C@H]2[C@@H]1OC[C@@H]2n1nnnc1-c1ccc2c(c1)OCO2. The van der Waals surface area contributed by atoms with E-state index in [0.29, 0.717) is 36.2 Å². The number of tetrazole rings is 1. The molecule has 1 aromatic heterocycles. The molecule has 2 aromatic carbocycles. The zero-order valence-electron chi connectivity index (χ0n) is 16.9. The molecular formula is C21H20N6O5. The summed E-state index contributed by atoms with van der Waals surface area (Å²) < 4.78 is 24.6. The number of carbonyl (C=O) groups excluding carboxylic acids is 1. The van der Waals surface area contributed by atoms with E-state index in [4.69, 9.17) is 18.9 Å². The molecule has 6 rings (SSSR count). The van der Waals surface area contributed by atoms with Crippen molar-refractivity contribution in [3.05, 3.63) is 48.5 Å². The Labute approximate surface area is 182 Å². The molecule has 11 heteroatoms. The van der Waals surface area contributed by atoms with Crippen molar-refractivity contribution in [2.75, 3.05) is 25.3 Å². The molecule has 0 spiro atoms. The number of nitrogens with one attached hydrogen (secondary N) is 2. The van der Waals surface area contributed by atoms with Crippen LogP contribution in [-0.2, 0) is 9.47 Å². The number of hydrogen-bond acceptors (Lipinski definition) is 8. The van der Waals surface area contributed by atoms with Gasteiger partial charge in [-0.25, -0.2) is 9.48 Å². The van der Waals surface area contributed by atoms with Crippen LogP contribution in [-0.4, -0.2) is 64.5 Å². The Hall–Kier alpha value is -3.70. The van der Waals surface area contributed by atoms with Crippen LogP contribution in [0.4, 0.5) is 10.5 Å². The van der Waals surface area contributed by atoms with E-state index in [9.17, 15) is 4.79 Å². The third kappa shape index (κ3) is 3.31. The van der Waals surface area contributed by atoms with Crippen molar-refractivity contribution in [3.63, 3.8) is 0 Å². The summed E-state index contributed by atoms with van der Waals surface area (Å²) >= 11 is 0. The van der Waals surface area contributed by atoms with E-state index in [1.807, 2.05) is 48.5 Å². The van der Waals surface area contributed by atoms with E-state index in [-0.39, 0.29) is 37.1 Å². The first-order valence-corrected chi connectivity index (χ1v) is 10.3. The molecule has 2 saturated heterocycles. The summed E-state index contributed by atoms with van der Waals surface area (Å²) in [5, 5.41) is 18.0. The average molecular weight is 436 g/mol. The van der Waals surface area contributed by atoms with Crippen LogP contribution in [0.5, 0.6) is 11.5 Å². The number of hydrogen-bond donors (Lipinski definition) is 2. The van der Waals surface area contributed by atoms with Crippen molar-refractivity contribution in [2.24, 2.45) is 0 Å². The highest BCUT2D eigenvalue weighted by molar-refractivity contribution is 5.89. The molecule has 3 aromatic rings. The highest BCUT2D eigenvalue weighted by atomic mass is 16.7. The molecule has 0 unspecified atom stereocenters. The van der Waals surface area contributed by atoms with Crippen LogP contribution in [0, 0.1) is 0 Å². The van der Waals surface area contributed by atoms with Crippen LogP contribution in [0.15, 0.2) is 48.5 Å². The molecule has 0 saturated carbocycles. The van der Waals surface area contributed by atoms with Gasteiger partial charge >= 0.3 is 6.03 Å². The van der Waals surface area contributed by atoms with Gasteiger partial charge in [0.05, 0.1) is 19.3 Å². The zero-order valence-corrected chi connectivity index (χ0v) is 16.9. The minimum absolute atomic E-state index is 0.198. The summed E-state index contributed by atoms with van der Waals surface area (Å²) in [6.45, 7) is 0.913. The normalized spacial score (nSPS) is 25.5. The van der Waals surface area contributed by atoms with Gasteiger partial charge in [-0.3, -0.25) is 0 Å². The summed E-state index contributed by atoms with van der Waals surface area (Å²) in [7, 11) is 0. The third-order valence-corrected chi connectivity index (χ3v) is 5.81. The number of aromatic nitrogens is 4. The van der Waals surface area contributed by atoms with Crippen molar-refractivity contribution in [1.29, 1.82) is 0 Å². The number of anilines is 1. The van der Waals surface area contributed by atoms with Crippen molar-refractivity contribution >= 4 is 11.7 Å². The van der Waals surface area contributed by atoms with Gasteiger partial charge in [-0.1, -0.05) is 18.2 Å². The highest BCUT2D eigenvalue weighted by Gasteiger charge is 2.50. The predicted octanol–water partition coefficient (Wildman–Crippen LogP) is 1.60. The lowest BCUT2D eigenvalue weighted by atomic mass is 10.1. The number of ether oxygens (including phenoxy) is 4. The van der Waals surface area contributed by atoms with Crippen LogP contribution in [0.25, 0.3) is 11.4 Å². The van der Waals surface area contributed by atoms with Crippen LogP contribution < -0.4 is 20.1 Å². The Balaban J connectivity index is 1.17. The van der Waals surface area contributed by atoms with E-state index in [1.165, 1.54) is 0 Å². The molecule has 0 radical (unpaired) electrons. The van der Waals surface area contributed by atoms with E-state index in [1.54, 1.807) is 4.68 Å². The summed E-state index contributed by atoms with van der Waals surface area (Å²) in [5.74, 6) is 1.93. The van der Waals surface area contributed by atoms with Gasteiger partial charge in [-0.15, -0.1) is 5.10 Å². The van der Waals surface area contributed by atoms with Crippen molar-refractivity contribution in [2.45, 2.75) is 24.3 Å². The standard InChI is InChI=1S/C21H20N6O5/c28-21(22-13-4-2-1-3-5-13)23-14-9-29-19-15(10-30-18(14)19)27-20(24-25-26-27)12-6-7-16-17(8-12)32-11-31-16/h1-8,14-15,18-19H,9-11H2,(H2,22,23,28)/t14-,15-,18+,19+/m0/s1. The Morgan fingerprint density at radius 3 is 2.75 bits per heavy atom. The van der Waals surface area contributed by atoms with Gasteiger partial charge in [0.15, 0.2) is 17.3 Å². The maximum Gasteiger partial charge on any atom is 0.319 e. The second-order valence-corrected chi connectivity index (χ2v) is 7.75. The minimum atomic E-state index is -0.305. The number of benzene rings is 2. The Morgan fingerprint density at radius 2 is 1.84 bits per heavy atom. The van der Waals surface area contributed by atoms with E-state index >= 15 is 0 Å². The molecule has 4 atom stereocenters. The molecule has 2 fully saturated rings. The Kier molecular flexibility index (Phi) is 4.62. The van der Waals surface area contributed by atoms with Gasteiger partial charge < -0.3 is 29.6 Å². The number of carbonyl (C=O) groups is 1. The monoisotopic (exact) mass is 436 g/mol. The fourth-order valence-corrected chi connectivity index (χ4v) is 4.31. The maximum absolute atomic E-state index is 12.4. The smallest absolute Gasteiger partial charge is 0.319 e. The molecule has 3 aliphatic heterocycles. The number of urea groups is 1. The van der Waals surface area contributed by atoms with Gasteiger partial charge in [0.2, 0.25) is 6.79 Å². The summed E-state index contributed by atoms with van der Waals surface area (Å²) in [6.07, 6.45) is -0.580. The second-order valence-electron chi connectivity index (χ2n) is 7.75. The number of amides is 2. The van der Waals surface area contributed by atoms with Gasteiger partial charge in [0.25, 0.3) is 0 Å². The van der Waals surface area contributed by atoms with Crippen molar-refractivity contribution < 1.29 is 23.7 Å². The molecule has 164 valence electrons. The summed E-state index contributed by atoms with van der Waals surface area (Å²) in [5.41, 5.74) is 1.52. The first-order chi connectivity index (χ1) is 15.8. The molecular weight excluding hydrogens is 416 g/mol. The largest absolute Gasteiger partial charge is 0.454 e. The van der Waals surface area contributed by atoms with Gasteiger partial charge in [-0.2, -0.15) is 0 Å². The van der Waals surface area contributed by atoms with E-state index in [2.05, 4.69) is 26.2 Å². The first-order valence-electron chi connectivity index (χ1n) is 10.3. The lowest BCUT2D eigenvalue weighted by molar-refractivity contribution is 0.0624. The molecule has 0 bridgehead atoms. The minimum Gasteiger partial charge on any atom is -0.454 e. The average Bonchev–Trinajstić information content (AvgIpc) is 3.59. The van der Waals surface area contributed by atoms with E-state index < -0.39 is 0 Å². The maximum atomic E-state index is 12.4. The van der Waals surface area contributed by atoms with Gasteiger partial charge in [0, 0.05) is 11.3 Å². The van der Waals surface area contributed by atoms with Crippen LogP contribution in [0.3, 0.4) is 0 Å². The number of rotatable bonds is 4. The highest BCUT2D eigenvalue weighted by Crippen LogP contribution is 2.38. The number of fused-ring (bicyclic) bond motifs is 2. The fraction of sp³-hybridized carbons (Fsp3) is 0.333. The first kappa shape index (κ1) is 19.0. The third-order valence-electron chi connectivity index (χ3n) is 5.81.